The first kappa shape index (κ1) is 15.2. The number of nitrogens with two attached hydrogens (primary N) is 1. The SMILES string of the molecule is CCCc1nc(NN)cc(NC(C)C(=O)NCC)n1. The number of rotatable bonds is 7. The molecule has 19 heavy (non-hydrogen) atoms. The quantitative estimate of drug-likeness (QED) is 0.426. The number of nitrogens with one attached hydrogen (secondary N) is 3. The number of aromatic nitrogens is 2. The van der Waals surface area contributed by atoms with Gasteiger partial charge < -0.3 is 16.1 Å². The predicted octanol–water partition coefficient (Wildman–Crippen LogP) is 0.651. The molecule has 0 bridgehead atoms. The molecule has 0 saturated heterocycles. The van der Waals surface area contributed by atoms with Crippen molar-refractivity contribution in [3.05, 3.63) is 11.9 Å². The molecule has 1 amide bonds. The fourth-order valence-electron chi connectivity index (χ4n) is 1.60. The largest absolute Gasteiger partial charge is 0.358 e. The maximum Gasteiger partial charge on any atom is 0.242 e. The van der Waals surface area contributed by atoms with Crippen LogP contribution in [0.25, 0.3) is 0 Å². The number of likely N-dealkylation sites (N-methyl/N-ethyl adjacent to an activating group) is 1. The number of nitrogens with zero attached hydrogens (tertiary/aromatic N) is 2. The molecule has 0 aromatic carbocycles. The van der Waals surface area contributed by atoms with Crippen LogP contribution in [0, 0.1) is 0 Å². The van der Waals surface area contributed by atoms with Gasteiger partial charge in [-0.15, -0.1) is 0 Å². The molecule has 0 fully saturated rings. The summed E-state index contributed by atoms with van der Waals surface area (Å²) in [4.78, 5) is 20.3. The van der Waals surface area contributed by atoms with Gasteiger partial charge in [0.05, 0.1) is 0 Å². The van der Waals surface area contributed by atoms with Gasteiger partial charge in [0.15, 0.2) is 0 Å². The molecule has 0 radical (unpaired) electrons. The van der Waals surface area contributed by atoms with Gasteiger partial charge in [-0.25, -0.2) is 15.8 Å². The Kier molecular flexibility index (Phi) is 6.01. The molecule has 1 heterocycles. The molecule has 1 aromatic rings. The maximum absolute atomic E-state index is 11.7. The molecule has 7 nitrogen and oxygen atoms in total. The first-order chi connectivity index (χ1) is 9.10. The van der Waals surface area contributed by atoms with E-state index in [-0.39, 0.29) is 11.9 Å². The highest BCUT2D eigenvalue weighted by Crippen LogP contribution is 2.12. The lowest BCUT2D eigenvalue weighted by molar-refractivity contribution is -0.121. The Labute approximate surface area is 113 Å². The molecular weight excluding hydrogens is 244 g/mol. The van der Waals surface area contributed by atoms with E-state index in [4.69, 9.17) is 5.84 Å². The number of carbonyl (C=O) groups excluding carboxylic acids is 1. The van der Waals surface area contributed by atoms with Gasteiger partial charge in [0, 0.05) is 19.0 Å². The lowest BCUT2D eigenvalue weighted by atomic mass is 10.3. The summed E-state index contributed by atoms with van der Waals surface area (Å²) in [6.45, 7) is 6.31. The normalized spacial score (nSPS) is 11.8. The molecule has 1 unspecified atom stereocenters. The third kappa shape index (κ3) is 4.70. The van der Waals surface area contributed by atoms with Crippen molar-refractivity contribution in [3.8, 4) is 0 Å². The molecule has 5 N–H and O–H groups in total. The van der Waals surface area contributed by atoms with E-state index in [1.165, 1.54) is 0 Å². The monoisotopic (exact) mass is 266 g/mol. The van der Waals surface area contributed by atoms with Crippen LogP contribution in [0.1, 0.15) is 33.0 Å². The van der Waals surface area contributed by atoms with Crippen LogP contribution in [0.3, 0.4) is 0 Å². The van der Waals surface area contributed by atoms with Crippen LogP contribution in [0.15, 0.2) is 6.07 Å². The maximum atomic E-state index is 11.7. The van der Waals surface area contributed by atoms with Crippen molar-refractivity contribution in [2.45, 2.75) is 39.7 Å². The van der Waals surface area contributed by atoms with Crippen LogP contribution in [0.5, 0.6) is 0 Å². The molecule has 7 heteroatoms. The molecule has 0 spiro atoms. The first-order valence-corrected chi connectivity index (χ1v) is 6.49. The summed E-state index contributed by atoms with van der Waals surface area (Å²) in [6, 6.07) is 1.31. The molecule has 0 saturated carbocycles. The van der Waals surface area contributed by atoms with Crippen molar-refractivity contribution >= 4 is 17.5 Å². The van der Waals surface area contributed by atoms with Crippen LogP contribution in [-0.2, 0) is 11.2 Å². The van der Waals surface area contributed by atoms with E-state index in [9.17, 15) is 4.79 Å². The standard InChI is InChI=1S/C12H22N6O/c1-4-6-9-16-10(7-11(17-9)18-13)15-8(3)12(19)14-5-2/h7-8H,4-6,13H2,1-3H3,(H,14,19)(H2,15,16,17,18). The van der Waals surface area contributed by atoms with Crippen LogP contribution in [-0.4, -0.2) is 28.5 Å². The van der Waals surface area contributed by atoms with Crippen molar-refractivity contribution in [2.75, 3.05) is 17.3 Å². The van der Waals surface area contributed by atoms with E-state index in [1.807, 2.05) is 6.92 Å². The first-order valence-electron chi connectivity index (χ1n) is 6.49. The Morgan fingerprint density at radius 1 is 1.37 bits per heavy atom. The van der Waals surface area contributed by atoms with Crippen molar-refractivity contribution in [1.29, 1.82) is 0 Å². The van der Waals surface area contributed by atoms with Crippen LogP contribution in [0.2, 0.25) is 0 Å². The summed E-state index contributed by atoms with van der Waals surface area (Å²) in [5.74, 6) is 7.12. The number of amides is 1. The van der Waals surface area contributed by atoms with Gasteiger partial charge in [-0.2, -0.15) is 0 Å². The van der Waals surface area contributed by atoms with Crippen LogP contribution < -0.4 is 21.9 Å². The summed E-state index contributed by atoms with van der Waals surface area (Å²) in [6.07, 6.45) is 1.71. The number of carbonyl (C=O) groups is 1. The topological polar surface area (TPSA) is 105 Å². The third-order valence-electron chi connectivity index (χ3n) is 2.50. The molecule has 106 valence electrons. The lowest BCUT2D eigenvalue weighted by Gasteiger charge is -2.15. The van der Waals surface area contributed by atoms with Crippen molar-refractivity contribution in [2.24, 2.45) is 5.84 Å². The van der Waals surface area contributed by atoms with Crippen LogP contribution >= 0.6 is 0 Å². The summed E-state index contributed by atoms with van der Waals surface area (Å²) in [5, 5.41) is 5.79. The van der Waals surface area contributed by atoms with Gasteiger partial charge >= 0.3 is 0 Å². The van der Waals surface area contributed by atoms with Gasteiger partial charge in [-0.05, 0) is 20.3 Å². The van der Waals surface area contributed by atoms with E-state index in [1.54, 1.807) is 13.0 Å². The second-order valence-corrected chi connectivity index (χ2v) is 4.21. The minimum Gasteiger partial charge on any atom is -0.358 e. The summed E-state index contributed by atoms with van der Waals surface area (Å²) < 4.78 is 0. The average Bonchev–Trinajstić information content (AvgIpc) is 2.39. The van der Waals surface area contributed by atoms with Gasteiger partial charge in [-0.1, -0.05) is 6.92 Å². The lowest BCUT2D eigenvalue weighted by Crippen LogP contribution is -2.37. The van der Waals surface area contributed by atoms with E-state index >= 15 is 0 Å². The number of aryl methyl sites for hydroxylation is 1. The zero-order chi connectivity index (χ0) is 14.3. The summed E-state index contributed by atoms with van der Waals surface area (Å²) in [5.41, 5.74) is 2.50. The number of hydrogen-bond donors (Lipinski definition) is 4. The highest BCUT2D eigenvalue weighted by Gasteiger charge is 2.13. The van der Waals surface area contributed by atoms with Crippen molar-refractivity contribution in [1.82, 2.24) is 15.3 Å². The Bertz CT molecular complexity index is 423. The second-order valence-electron chi connectivity index (χ2n) is 4.21. The van der Waals surface area contributed by atoms with Crippen molar-refractivity contribution in [3.63, 3.8) is 0 Å². The molecular formula is C12H22N6O. The Morgan fingerprint density at radius 2 is 2.05 bits per heavy atom. The minimum absolute atomic E-state index is 0.0691. The molecule has 0 aliphatic heterocycles. The molecule has 0 aliphatic rings. The van der Waals surface area contributed by atoms with Crippen LogP contribution in [0.4, 0.5) is 11.6 Å². The van der Waals surface area contributed by atoms with E-state index in [0.717, 1.165) is 12.8 Å². The van der Waals surface area contributed by atoms with Gasteiger partial charge in [0.25, 0.3) is 0 Å². The number of anilines is 2. The Morgan fingerprint density at radius 3 is 2.63 bits per heavy atom. The van der Waals surface area contributed by atoms with Crippen molar-refractivity contribution < 1.29 is 4.79 Å². The highest BCUT2D eigenvalue weighted by molar-refractivity contribution is 5.83. The van der Waals surface area contributed by atoms with E-state index in [2.05, 4.69) is 33.0 Å². The summed E-state index contributed by atoms with van der Waals surface area (Å²) in [7, 11) is 0. The molecule has 1 rings (SSSR count). The molecule has 0 aliphatic carbocycles. The van der Waals surface area contributed by atoms with Gasteiger partial charge in [0.1, 0.15) is 23.5 Å². The Balaban J connectivity index is 2.81. The fourth-order valence-corrected chi connectivity index (χ4v) is 1.60. The number of nitrogen functional groups attached to an aromatic ring is 1. The highest BCUT2D eigenvalue weighted by atomic mass is 16.2. The van der Waals surface area contributed by atoms with Gasteiger partial charge in [0.2, 0.25) is 5.91 Å². The summed E-state index contributed by atoms with van der Waals surface area (Å²) >= 11 is 0. The zero-order valence-corrected chi connectivity index (χ0v) is 11.7. The zero-order valence-electron chi connectivity index (χ0n) is 11.7. The van der Waals surface area contributed by atoms with E-state index in [0.29, 0.717) is 24.0 Å². The molecule has 1 atom stereocenters. The number of hydrazine groups is 1. The smallest absolute Gasteiger partial charge is 0.242 e. The average molecular weight is 266 g/mol. The minimum atomic E-state index is -0.366. The van der Waals surface area contributed by atoms with E-state index < -0.39 is 0 Å². The fraction of sp³-hybridized carbons (Fsp3) is 0.583. The van der Waals surface area contributed by atoms with Gasteiger partial charge in [-0.3, -0.25) is 4.79 Å². The molecule has 1 aromatic heterocycles. The number of hydrogen-bond acceptors (Lipinski definition) is 6. The Hall–Kier alpha value is -1.89. The second kappa shape index (κ2) is 7.52. The predicted molar refractivity (Wildman–Crippen MR) is 75.6 cm³/mol. The third-order valence-corrected chi connectivity index (χ3v) is 2.50.